The first-order chi connectivity index (χ1) is 27.7. The number of ether oxygens (including phenoxy) is 10. The second-order valence-corrected chi connectivity index (χ2v) is 13.1. The van der Waals surface area contributed by atoms with Crippen molar-refractivity contribution >= 4 is 41.8 Å². The van der Waals surface area contributed by atoms with E-state index in [9.17, 15) is 33.6 Å². The van der Waals surface area contributed by atoms with E-state index in [1.807, 2.05) is 0 Å². The minimum Gasteiger partial charge on any atom is -0.463 e. The van der Waals surface area contributed by atoms with Gasteiger partial charge in [0, 0.05) is 27.7 Å². The van der Waals surface area contributed by atoms with Gasteiger partial charge in [-0.15, -0.1) is 0 Å². The van der Waals surface area contributed by atoms with E-state index in [1.54, 1.807) is 54.6 Å². The van der Waals surface area contributed by atoms with Crippen LogP contribution in [0.3, 0.4) is 0 Å². The predicted molar refractivity (Wildman–Crippen MR) is 194 cm³/mol. The molecule has 2 aliphatic rings. The second kappa shape index (κ2) is 19.8. The molecule has 58 heavy (non-hydrogen) atoms. The normalized spacial score (nSPS) is 26.5. The van der Waals surface area contributed by atoms with Crippen LogP contribution >= 0.6 is 0 Å². The first-order valence-electron chi connectivity index (χ1n) is 18.1. The van der Waals surface area contributed by atoms with Crippen LogP contribution < -0.4 is 0 Å². The summed E-state index contributed by atoms with van der Waals surface area (Å²) < 4.78 is 58.3. The Balaban J connectivity index is 1.60. The fourth-order valence-corrected chi connectivity index (χ4v) is 6.23. The highest BCUT2D eigenvalue weighted by atomic mass is 16.8. The van der Waals surface area contributed by atoms with Crippen molar-refractivity contribution < 1.29 is 80.9 Å². The van der Waals surface area contributed by atoms with E-state index in [2.05, 4.69) is 0 Å². The first-order valence-corrected chi connectivity index (χ1v) is 18.1. The van der Waals surface area contributed by atoms with Gasteiger partial charge >= 0.3 is 41.8 Å². The summed E-state index contributed by atoms with van der Waals surface area (Å²) in [5.74, 6) is -6.05. The topological polar surface area (TPSA) is 212 Å². The lowest BCUT2D eigenvalue weighted by atomic mass is 9.97. The third-order valence-corrected chi connectivity index (χ3v) is 8.70. The third kappa shape index (κ3) is 11.2. The molecule has 308 valence electrons. The number of hydrogen-bond acceptors (Lipinski definition) is 17. The summed E-state index contributed by atoms with van der Waals surface area (Å²) in [5.41, 5.74) is 0.314. The molecule has 0 spiro atoms. The van der Waals surface area contributed by atoms with Crippen LogP contribution in [0.4, 0.5) is 0 Å². The largest absolute Gasteiger partial charge is 0.463 e. The zero-order valence-corrected chi connectivity index (χ0v) is 32.1. The molecule has 0 bridgehead atoms. The number of rotatable bonds is 13. The SMILES string of the molecule is CC(=O)OCC1OC(OC2O[C@@H](C)C(OC(=O)c3ccccc3)[C@H](OC(=O)c3ccccc3)[C@@H]2OC(=O)c2ccccc2)[C@@H](OC(C)=O)C(OC(C)=O)[C@H]1OC(C)=O. The Kier molecular flexibility index (Phi) is 14.7. The van der Waals surface area contributed by atoms with Gasteiger partial charge in [0.05, 0.1) is 22.8 Å². The molecule has 0 radical (unpaired) electrons. The van der Waals surface area contributed by atoms with Crippen molar-refractivity contribution in [1.82, 2.24) is 0 Å². The van der Waals surface area contributed by atoms with Gasteiger partial charge in [-0.25, -0.2) is 14.4 Å². The number of benzene rings is 3. The summed E-state index contributed by atoms with van der Waals surface area (Å²) in [6.07, 6.45) is -15.9. The maximum atomic E-state index is 13.8. The minimum absolute atomic E-state index is 0.0677. The Morgan fingerprint density at radius 2 is 0.810 bits per heavy atom. The first kappa shape index (κ1) is 43.0. The van der Waals surface area contributed by atoms with E-state index in [1.165, 1.54) is 43.3 Å². The molecule has 5 rings (SSSR count). The quantitative estimate of drug-likeness (QED) is 0.179. The maximum Gasteiger partial charge on any atom is 0.338 e. The van der Waals surface area contributed by atoms with Gasteiger partial charge in [-0.1, -0.05) is 54.6 Å². The smallest absolute Gasteiger partial charge is 0.338 e. The lowest BCUT2D eigenvalue weighted by Crippen LogP contribution is -2.66. The van der Waals surface area contributed by atoms with Gasteiger partial charge in [-0.2, -0.15) is 0 Å². The molecule has 0 saturated carbocycles. The summed E-state index contributed by atoms with van der Waals surface area (Å²) in [6.45, 7) is 5.19. The van der Waals surface area contributed by atoms with Crippen molar-refractivity contribution in [1.29, 1.82) is 0 Å². The van der Waals surface area contributed by atoms with Crippen LogP contribution in [0.2, 0.25) is 0 Å². The summed E-state index contributed by atoms with van der Waals surface area (Å²) >= 11 is 0. The van der Waals surface area contributed by atoms with Gasteiger partial charge in [0.1, 0.15) is 12.7 Å². The standard InChI is InChI=1S/C41H42O17/c1-22-31(55-37(46)27-15-9-6-10-16-27)33(56-38(47)28-17-11-7-12-18-28)36(57-39(48)29-19-13-8-14-20-29)40(50-22)58-41-35(53-26(5)45)34(52-25(4)44)32(51-24(3)43)30(54-41)21-49-23(2)42/h6-20,22,30-36,40-41H,21H2,1-5H3/t22-,30?,31?,32-,33-,34?,35-,36-,40?,41?/m0/s1. The van der Waals surface area contributed by atoms with Crippen molar-refractivity contribution in [3.8, 4) is 0 Å². The lowest BCUT2D eigenvalue weighted by Gasteiger charge is -2.47. The van der Waals surface area contributed by atoms with E-state index in [-0.39, 0.29) is 16.7 Å². The molecule has 3 aromatic rings. The van der Waals surface area contributed by atoms with Crippen LogP contribution in [-0.4, -0.2) is 110 Å². The molecule has 2 aliphatic heterocycles. The van der Waals surface area contributed by atoms with Crippen LogP contribution in [0.15, 0.2) is 91.0 Å². The predicted octanol–water partition coefficient (Wildman–Crippen LogP) is 3.51. The van der Waals surface area contributed by atoms with Gasteiger partial charge in [-0.05, 0) is 43.3 Å². The summed E-state index contributed by atoms with van der Waals surface area (Å²) in [5, 5.41) is 0. The van der Waals surface area contributed by atoms with Crippen LogP contribution in [0.25, 0.3) is 0 Å². The maximum absolute atomic E-state index is 13.8. The van der Waals surface area contributed by atoms with Gasteiger partial charge in [0.25, 0.3) is 0 Å². The van der Waals surface area contributed by atoms with Crippen molar-refractivity contribution in [3.05, 3.63) is 108 Å². The summed E-state index contributed by atoms with van der Waals surface area (Å²) in [7, 11) is 0. The highest BCUT2D eigenvalue weighted by Crippen LogP contribution is 2.36. The highest BCUT2D eigenvalue weighted by Gasteiger charge is 2.57. The van der Waals surface area contributed by atoms with Crippen molar-refractivity contribution in [3.63, 3.8) is 0 Å². The monoisotopic (exact) mass is 806 g/mol. The molecular formula is C41H42O17. The average Bonchev–Trinajstić information content (AvgIpc) is 3.19. The number of esters is 7. The molecular weight excluding hydrogens is 764 g/mol. The molecule has 5 unspecified atom stereocenters. The van der Waals surface area contributed by atoms with Crippen molar-refractivity contribution in [2.75, 3.05) is 6.61 Å². The van der Waals surface area contributed by atoms with Crippen molar-refractivity contribution in [2.45, 2.75) is 96.0 Å². The number of hydrogen-bond donors (Lipinski definition) is 0. The Hall–Kier alpha value is -6.17. The minimum atomic E-state index is -1.82. The molecule has 0 N–H and O–H groups in total. The van der Waals surface area contributed by atoms with E-state index in [0.29, 0.717) is 0 Å². The Morgan fingerprint density at radius 3 is 1.26 bits per heavy atom. The third-order valence-electron chi connectivity index (χ3n) is 8.70. The lowest BCUT2D eigenvalue weighted by molar-refractivity contribution is -0.372. The Morgan fingerprint density at radius 1 is 0.448 bits per heavy atom. The van der Waals surface area contributed by atoms with E-state index >= 15 is 0 Å². The average molecular weight is 807 g/mol. The Bertz CT molecular complexity index is 1920. The van der Waals surface area contributed by atoms with Crippen LogP contribution in [0.1, 0.15) is 65.7 Å². The van der Waals surface area contributed by atoms with Crippen LogP contribution in [0, 0.1) is 0 Å². The fourth-order valence-electron chi connectivity index (χ4n) is 6.23. The summed E-state index contributed by atoms with van der Waals surface area (Å²) in [6, 6.07) is 23.5. The van der Waals surface area contributed by atoms with Gasteiger partial charge in [-0.3, -0.25) is 19.2 Å². The van der Waals surface area contributed by atoms with Crippen molar-refractivity contribution in [2.24, 2.45) is 0 Å². The molecule has 10 atom stereocenters. The van der Waals surface area contributed by atoms with E-state index in [4.69, 9.17) is 47.4 Å². The zero-order valence-electron chi connectivity index (χ0n) is 32.1. The van der Waals surface area contributed by atoms with Gasteiger partial charge < -0.3 is 47.4 Å². The molecule has 2 saturated heterocycles. The number of carbonyl (C=O) groups is 7. The zero-order chi connectivity index (χ0) is 41.9. The molecule has 0 amide bonds. The van der Waals surface area contributed by atoms with Crippen LogP contribution in [0.5, 0.6) is 0 Å². The molecule has 2 fully saturated rings. The Labute approximate surface area is 332 Å². The second-order valence-electron chi connectivity index (χ2n) is 13.1. The molecule has 17 nitrogen and oxygen atoms in total. The molecule has 3 aromatic carbocycles. The summed E-state index contributed by atoms with van der Waals surface area (Å²) in [4.78, 5) is 90.1. The highest BCUT2D eigenvalue weighted by molar-refractivity contribution is 5.91. The van der Waals surface area contributed by atoms with Crippen LogP contribution in [-0.2, 0) is 66.5 Å². The van der Waals surface area contributed by atoms with Gasteiger partial charge in [0.2, 0.25) is 12.6 Å². The van der Waals surface area contributed by atoms with E-state index < -0.39 is 110 Å². The molecule has 2 heterocycles. The van der Waals surface area contributed by atoms with E-state index in [0.717, 1.165) is 27.7 Å². The van der Waals surface area contributed by atoms with Gasteiger partial charge in [0.15, 0.2) is 36.6 Å². The molecule has 0 aromatic heterocycles. The number of carbonyl (C=O) groups excluding carboxylic acids is 7. The molecule has 17 heteroatoms. The molecule has 0 aliphatic carbocycles. The fraction of sp³-hybridized carbons (Fsp3) is 0.390.